The summed E-state index contributed by atoms with van der Waals surface area (Å²) >= 11 is 0. The molecule has 1 atom stereocenters. The topological polar surface area (TPSA) is 41.6 Å². The third-order valence-corrected chi connectivity index (χ3v) is 7.25. The fourth-order valence-corrected chi connectivity index (χ4v) is 5.63. The van der Waals surface area contributed by atoms with Gasteiger partial charge < -0.3 is 21.4 Å². The van der Waals surface area contributed by atoms with Crippen molar-refractivity contribution in [1.82, 2.24) is 9.76 Å². The first-order chi connectivity index (χ1) is 9.23. The molecule has 20 heavy (non-hydrogen) atoms. The first-order valence-corrected chi connectivity index (χ1v) is 9.41. The number of rotatable bonds is 1. The minimum absolute atomic E-state index is 0. The predicted molar refractivity (Wildman–Crippen MR) is 75.9 cm³/mol. The highest BCUT2D eigenvalue weighted by atomic mass is 35.5. The molecule has 3 rings (SSSR count). The lowest BCUT2D eigenvalue weighted by Crippen LogP contribution is -3.00. The van der Waals surface area contributed by atoms with E-state index in [1.54, 1.807) is 0 Å². The minimum atomic E-state index is -2.69. The van der Waals surface area contributed by atoms with E-state index in [2.05, 4.69) is 9.76 Å². The number of nitrogens with one attached hydrogen (secondary N) is 1. The summed E-state index contributed by atoms with van der Waals surface area (Å²) in [4.78, 5) is 0. The molecule has 0 saturated carbocycles. The third-order valence-electron chi connectivity index (χ3n) is 4.95. The van der Waals surface area contributed by atoms with Gasteiger partial charge in [-0.1, -0.05) is 0 Å². The highest BCUT2D eigenvalue weighted by molar-refractivity contribution is 7.54. The van der Waals surface area contributed by atoms with Gasteiger partial charge in [0.1, 0.15) is 0 Å². The average molecular weight is 324 g/mol. The molecule has 5 nitrogen and oxygen atoms in total. The molecular formula is C13H27ClN3O2P. The van der Waals surface area contributed by atoms with Crippen LogP contribution in [0.1, 0.15) is 32.1 Å². The van der Waals surface area contributed by atoms with E-state index >= 15 is 0 Å². The maximum atomic E-state index is 12.7. The van der Waals surface area contributed by atoms with Crippen LogP contribution in [0.4, 0.5) is 0 Å². The molecule has 7 heteroatoms. The largest absolute Gasteiger partial charge is 1.00 e. The maximum Gasteiger partial charge on any atom is 0.343 e. The van der Waals surface area contributed by atoms with Gasteiger partial charge in [0, 0.05) is 6.54 Å². The lowest BCUT2D eigenvalue weighted by atomic mass is 10.2. The van der Waals surface area contributed by atoms with Gasteiger partial charge in [-0.25, -0.2) is 9.76 Å². The second kappa shape index (κ2) is 7.08. The van der Waals surface area contributed by atoms with Gasteiger partial charge in [0.05, 0.1) is 45.9 Å². The van der Waals surface area contributed by atoms with Crippen molar-refractivity contribution in [3.63, 3.8) is 0 Å². The molecule has 3 aliphatic heterocycles. The first kappa shape index (κ1) is 16.7. The molecule has 3 heterocycles. The summed E-state index contributed by atoms with van der Waals surface area (Å²) in [6.07, 6.45) is 6.50. The monoisotopic (exact) mass is 323 g/mol. The summed E-state index contributed by atoms with van der Waals surface area (Å²) in [6, 6.07) is 0. The minimum Gasteiger partial charge on any atom is -1.00 e. The van der Waals surface area contributed by atoms with Crippen LogP contribution < -0.4 is 17.5 Å². The van der Waals surface area contributed by atoms with Crippen LogP contribution in [0.15, 0.2) is 0 Å². The molecule has 0 aliphatic carbocycles. The Bertz CT molecular complexity index is 342. The van der Waals surface area contributed by atoms with Gasteiger partial charge >= 0.3 is 7.67 Å². The first-order valence-electron chi connectivity index (χ1n) is 7.83. The lowest BCUT2D eigenvalue weighted by Gasteiger charge is -2.46. The molecule has 3 fully saturated rings. The van der Waals surface area contributed by atoms with Crippen molar-refractivity contribution in [3.8, 4) is 0 Å². The van der Waals surface area contributed by atoms with Crippen LogP contribution in [-0.4, -0.2) is 61.6 Å². The average Bonchev–Trinajstić information content (AvgIpc) is 2.66. The van der Waals surface area contributed by atoms with Crippen LogP contribution >= 0.6 is 7.67 Å². The Balaban J connectivity index is 0.00000147. The quantitative estimate of drug-likeness (QED) is 0.487. The second-order valence-electron chi connectivity index (χ2n) is 6.22. The molecular weight excluding hydrogens is 297 g/mol. The summed E-state index contributed by atoms with van der Waals surface area (Å²) in [5.41, 5.74) is 0. The molecule has 1 unspecified atom stereocenters. The smallest absolute Gasteiger partial charge is 0.343 e. The van der Waals surface area contributed by atoms with E-state index in [0.29, 0.717) is 6.61 Å². The van der Waals surface area contributed by atoms with Crippen molar-refractivity contribution in [2.24, 2.45) is 0 Å². The normalized spacial score (nSPS) is 35.2. The van der Waals surface area contributed by atoms with Crippen LogP contribution in [0, 0.1) is 0 Å². The van der Waals surface area contributed by atoms with Crippen molar-refractivity contribution < 1.29 is 26.0 Å². The standard InChI is InChI=1S/C13H27N3O2P.ClH/c17-19(14-6-5-13-18-19)15-7-11-16(12-8-15)9-3-1-2-4-10-16;/h1-13H2,(H,14,17);1H/q+1;/p-1. The molecule has 0 aromatic heterocycles. The molecule has 3 saturated heterocycles. The van der Waals surface area contributed by atoms with Gasteiger partial charge in [-0.3, -0.25) is 4.57 Å². The Morgan fingerprint density at radius 2 is 1.60 bits per heavy atom. The van der Waals surface area contributed by atoms with E-state index in [1.165, 1.54) is 43.3 Å². The Morgan fingerprint density at radius 3 is 2.15 bits per heavy atom. The molecule has 0 aromatic carbocycles. The highest BCUT2D eigenvalue weighted by Crippen LogP contribution is 2.49. The zero-order valence-corrected chi connectivity index (χ0v) is 13.9. The van der Waals surface area contributed by atoms with Gasteiger partial charge in [0.15, 0.2) is 0 Å². The molecule has 0 radical (unpaired) electrons. The third kappa shape index (κ3) is 3.57. The Kier molecular flexibility index (Phi) is 5.92. The van der Waals surface area contributed by atoms with Gasteiger partial charge in [-0.05, 0) is 32.1 Å². The van der Waals surface area contributed by atoms with E-state index < -0.39 is 7.67 Å². The summed E-state index contributed by atoms with van der Waals surface area (Å²) in [5.74, 6) is 0. The molecule has 1 N–H and O–H groups in total. The number of hydrogen-bond donors (Lipinski definition) is 1. The van der Waals surface area contributed by atoms with Crippen molar-refractivity contribution >= 4 is 7.67 Å². The van der Waals surface area contributed by atoms with Crippen LogP contribution in [0.25, 0.3) is 0 Å². The number of hydrogen-bond acceptors (Lipinski definition) is 2. The van der Waals surface area contributed by atoms with Gasteiger partial charge in [0.25, 0.3) is 0 Å². The summed E-state index contributed by atoms with van der Waals surface area (Å²) in [5, 5.41) is 3.12. The van der Waals surface area contributed by atoms with Gasteiger partial charge in [-0.2, -0.15) is 0 Å². The molecule has 1 spiro atoms. The Hall–Kier alpha value is 0.360. The van der Waals surface area contributed by atoms with Crippen LogP contribution in [0.3, 0.4) is 0 Å². The van der Waals surface area contributed by atoms with Gasteiger partial charge in [-0.15, -0.1) is 0 Å². The van der Waals surface area contributed by atoms with Crippen LogP contribution in [0.5, 0.6) is 0 Å². The van der Waals surface area contributed by atoms with E-state index in [4.69, 9.17) is 4.52 Å². The fourth-order valence-electron chi connectivity index (χ4n) is 3.66. The molecule has 0 amide bonds. The highest BCUT2D eigenvalue weighted by Gasteiger charge is 2.41. The van der Waals surface area contributed by atoms with E-state index in [0.717, 1.165) is 39.1 Å². The van der Waals surface area contributed by atoms with E-state index in [9.17, 15) is 4.57 Å². The Labute approximate surface area is 128 Å². The predicted octanol–water partition coefficient (Wildman–Crippen LogP) is -1.19. The summed E-state index contributed by atoms with van der Waals surface area (Å²) in [7, 11) is -2.69. The van der Waals surface area contributed by atoms with E-state index in [-0.39, 0.29) is 12.4 Å². The molecule has 118 valence electrons. The number of quaternary nitrogens is 1. The summed E-state index contributed by atoms with van der Waals surface area (Å²) in [6.45, 7) is 8.26. The molecule has 0 bridgehead atoms. The van der Waals surface area contributed by atoms with Crippen molar-refractivity contribution in [2.75, 3.05) is 52.4 Å². The van der Waals surface area contributed by atoms with Gasteiger partial charge in [0.2, 0.25) is 0 Å². The number of nitrogens with zero attached hydrogens (tertiary/aromatic N) is 2. The zero-order valence-electron chi connectivity index (χ0n) is 12.2. The summed E-state index contributed by atoms with van der Waals surface area (Å²) < 4.78 is 21.6. The van der Waals surface area contributed by atoms with E-state index in [1.807, 2.05) is 0 Å². The van der Waals surface area contributed by atoms with Crippen molar-refractivity contribution in [3.05, 3.63) is 0 Å². The SMILES string of the molecule is O=P1(N2CC[N+]3(CCCCCC3)CC2)NCCCO1.[Cl-]. The Morgan fingerprint density at radius 1 is 0.950 bits per heavy atom. The number of piperazine rings is 1. The molecule has 3 aliphatic rings. The maximum absolute atomic E-state index is 12.7. The van der Waals surface area contributed by atoms with Crippen LogP contribution in [-0.2, 0) is 9.09 Å². The van der Waals surface area contributed by atoms with Crippen molar-refractivity contribution in [2.45, 2.75) is 32.1 Å². The zero-order chi connectivity index (χ0) is 13.2. The molecule has 0 aromatic rings. The fraction of sp³-hybridized carbons (Fsp3) is 1.00. The van der Waals surface area contributed by atoms with Crippen molar-refractivity contribution in [1.29, 1.82) is 0 Å². The number of halogens is 1. The lowest BCUT2D eigenvalue weighted by molar-refractivity contribution is -0.930. The second-order valence-corrected chi connectivity index (χ2v) is 8.40. The van der Waals surface area contributed by atoms with Crippen LogP contribution in [0.2, 0.25) is 0 Å².